The maximum absolute atomic E-state index is 12.5. The van der Waals surface area contributed by atoms with Gasteiger partial charge in [0.15, 0.2) is 5.16 Å². The molecule has 132 valence electrons. The van der Waals surface area contributed by atoms with Crippen molar-refractivity contribution >= 4 is 40.6 Å². The third-order valence-corrected chi connectivity index (χ3v) is 4.76. The van der Waals surface area contributed by atoms with Crippen LogP contribution in [0, 0.1) is 10.1 Å². The first kappa shape index (κ1) is 17.9. The average Bonchev–Trinajstić information content (AvgIpc) is 3.02. The fraction of sp³-hybridized carbons (Fsp3) is 0.0625. The summed E-state index contributed by atoms with van der Waals surface area (Å²) in [6.45, 7) is 0. The molecule has 8 nitrogen and oxygen atoms in total. The minimum absolute atomic E-state index is 0.0807. The summed E-state index contributed by atoms with van der Waals surface area (Å²) in [5.41, 5.74) is 0.724. The molecule has 0 radical (unpaired) electrons. The van der Waals surface area contributed by atoms with E-state index in [1.807, 2.05) is 7.05 Å². The zero-order chi connectivity index (χ0) is 18.7. The Morgan fingerprint density at radius 2 is 2.00 bits per heavy atom. The van der Waals surface area contributed by atoms with Gasteiger partial charge < -0.3 is 9.88 Å². The number of aryl methyl sites for hydroxylation is 1. The van der Waals surface area contributed by atoms with E-state index in [4.69, 9.17) is 11.6 Å². The van der Waals surface area contributed by atoms with Gasteiger partial charge in [-0.2, -0.15) is 0 Å². The minimum atomic E-state index is -0.520. The first-order chi connectivity index (χ1) is 12.4. The number of nitrogens with one attached hydrogen (secondary N) is 1. The highest BCUT2D eigenvalue weighted by molar-refractivity contribution is 7.99. The predicted molar refractivity (Wildman–Crippen MR) is 97.6 cm³/mol. The molecular weight excluding hydrogens is 378 g/mol. The van der Waals surface area contributed by atoms with Gasteiger partial charge in [0.1, 0.15) is 6.33 Å². The number of halogens is 1. The Labute approximate surface area is 157 Å². The lowest BCUT2D eigenvalue weighted by molar-refractivity contribution is -0.384. The second kappa shape index (κ2) is 7.54. The Morgan fingerprint density at radius 3 is 2.62 bits per heavy atom. The molecule has 0 atom stereocenters. The van der Waals surface area contributed by atoms with Crippen LogP contribution in [-0.2, 0) is 7.05 Å². The van der Waals surface area contributed by atoms with Crippen molar-refractivity contribution in [3.8, 4) is 0 Å². The Balaban J connectivity index is 1.84. The molecule has 0 fully saturated rings. The van der Waals surface area contributed by atoms with Gasteiger partial charge >= 0.3 is 0 Å². The molecule has 0 aliphatic carbocycles. The number of hydrogen-bond donors (Lipinski definition) is 1. The van der Waals surface area contributed by atoms with E-state index in [1.165, 1.54) is 36.0 Å². The van der Waals surface area contributed by atoms with Crippen LogP contribution in [0.2, 0.25) is 5.02 Å². The van der Waals surface area contributed by atoms with Gasteiger partial charge in [-0.25, -0.2) is 0 Å². The summed E-state index contributed by atoms with van der Waals surface area (Å²) in [4.78, 5) is 23.4. The van der Waals surface area contributed by atoms with E-state index in [-0.39, 0.29) is 5.69 Å². The van der Waals surface area contributed by atoms with E-state index in [9.17, 15) is 14.9 Å². The molecule has 10 heteroatoms. The molecule has 1 heterocycles. The Kier molecular flexibility index (Phi) is 5.19. The second-order valence-corrected chi connectivity index (χ2v) is 6.67. The van der Waals surface area contributed by atoms with Crippen molar-refractivity contribution in [2.75, 3.05) is 5.32 Å². The summed E-state index contributed by atoms with van der Waals surface area (Å²) in [5, 5.41) is 22.4. The normalized spacial score (nSPS) is 10.5. The van der Waals surface area contributed by atoms with Crippen LogP contribution in [0.3, 0.4) is 0 Å². The smallest absolute Gasteiger partial charge is 0.269 e. The van der Waals surface area contributed by atoms with Crippen molar-refractivity contribution in [3.05, 3.63) is 69.5 Å². The van der Waals surface area contributed by atoms with Gasteiger partial charge in [-0.1, -0.05) is 11.6 Å². The quantitative estimate of drug-likeness (QED) is 0.526. The molecule has 2 aromatic carbocycles. The highest BCUT2D eigenvalue weighted by atomic mass is 35.5. The molecular formula is C16H12ClN5O3S. The summed E-state index contributed by atoms with van der Waals surface area (Å²) in [6, 6.07) is 10.5. The van der Waals surface area contributed by atoms with Crippen molar-refractivity contribution < 1.29 is 9.72 Å². The van der Waals surface area contributed by atoms with Crippen molar-refractivity contribution in [1.82, 2.24) is 14.8 Å². The molecule has 26 heavy (non-hydrogen) atoms. The lowest BCUT2D eigenvalue weighted by Gasteiger charge is -2.11. The predicted octanol–water partition coefficient (Wildman–Crippen LogP) is 3.78. The van der Waals surface area contributed by atoms with E-state index < -0.39 is 10.8 Å². The molecule has 3 aromatic rings. The average molecular weight is 390 g/mol. The second-order valence-electron chi connectivity index (χ2n) is 5.23. The largest absolute Gasteiger partial charge is 0.321 e. The van der Waals surface area contributed by atoms with Crippen LogP contribution in [0.5, 0.6) is 0 Å². The number of hydrogen-bond acceptors (Lipinski definition) is 6. The maximum atomic E-state index is 12.5. The lowest BCUT2D eigenvalue weighted by atomic mass is 10.2. The van der Waals surface area contributed by atoms with Crippen molar-refractivity contribution in [3.63, 3.8) is 0 Å². The number of anilines is 1. The molecule has 0 spiro atoms. The first-order valence-electron chi connectivity index (χ1n) is 7.31. The Bertz CT molecular complexity index is 974. The van der Waals surface area contributed by atoms with Crippen LogP contribution in [0.1, 0.15) is 10.4 Å². The number of nitrogens with zero attached hydrogens (tertiary/aromatic N) is 4. The monoisotopic (exact) mass is 389 g/mol. The summed E-state index contributed by atoms with van der Waals surface area (Å²) in [6.07, 6.45) is 1.58. The van der Waals surface area contributed by atoms with Crippen molar-refractivity contribution in [1.29, 1.82) is 0 Å². The summed E-state index contributed by atoms with van der Waals surface area (Å²) < 4.78 is 1.75. The molecule has 0 unspecified atom stereocenters. The molecule has 0 saturated heterocycles. The van der Waals surface area contributed by atoms with Gasteiger partial charge in [-0.3, -0.25) is 14.9 Å². The standard InChI is InChI=1S/C16H12ClN5O3S/c1-21-9-18-20-16(21)26-14-7-4-11(17)8-13(14)19-15(23)10-2-5-12(6-3-10)22(24)25/h2-9H,1H3,(H,19,23). The number of rotatable bonds is 5. The van der Waals surface area contributed by atoms with E-state index in [0.717, 1.165) is 4.90 Å². The fourth-order valence-electron chi connectivity index (χ4n) is 2.08. The first-order valence-corrected chi connectivity index (χ1v) is 8.50. The number of amides is 1. The molecule has 0 aliphatic rings. The number of nitro groups is 1. The molecule has 1 amide bonds. The highest BCUT2D eigenvalue weighted by Gasteiger charge is 2.14. The number of carbonyl (C=O) groups is 1. The number of benzene rings is 2. The Hall–Kier alpha value is -2.91. The van der Waals surface area contributed by atoms with Gasteiger partial charge in [0.05, 0.1) is 10.6 Å². The molecule has 1 N–H and O–H groups in total. The molecule has 0 aliphatic heterocycles. The highest BCUT2D eigenvalue weighted by Crippen LogP contribution is 2.34. The van der Waals surface area contributed by atoms with Crippen LogP contribution in [-0.4, -0.2) is 25.6 Å². The van der Waals surface area contributed by atoms with Crippen molar-refractivity contribution in [2.45, 2.75) is 10.1 Å². The van der Waals surface area contributed by atoms with Crippen molar-refractivity contribution in [2.24, 2.45) is 7.05 Å². The van der Waals surface area contributed by atoms with Crippen LogP contribution < -0.4 is 5.32 Å². The lowest BCUT2D eigenvalue weighted by Crippen LogP contribution is -2.12. The molecule has 0 saturated carbocycles. The van der Waals surface area contributed by atoms with E-state index in [1.54, 1.807) is 29.1 Å². The molecule has 3 rings (SSSR count). The summed E-state index contributed by atoms with van der Waals surface area (Å²) in [7, 11) is 1.81. The number of non-ortho nitro benzene ring substituents is 1. The van der Waals surface area contributed by atoms with Crippen LogP contribution in [0.25, 0.3) is 0 Å². The zero-order valence-corrected chi connectivity index (χ0v) is 15.0. The number of aromatic nitrogens is 3. The van der Waals surface area contributed by atoms with E-state index in [0.29, 0.717) is 21.4 Å². The summed E-state index contributed by atoms with van der Waals surface area (Å²) >= 11 is 7.37. The maximum Gasteiger partial charge on any atom is 0.269 e. The molecule has 1 aromatic heterocycles. The van der Waals surface area contributed by atoms with Crippen LogP contribution >= 0.6 is 23.4 Å². The molecule has 0 bridgehead atoms. The van der Waals surface area contributed by atoms with E-state index >= 15 is 0 Å². The SMILES string of the molecule is Cn1cnnc1Sc1ccc(Cl)cc1NC(=O)c1ccc([N+](=O)[O-])cc1. The number of carbonyl (C=O) groups excluding carboxylic acids is 1. The fourth-order valence-corrected chi connectivity index (χ4v) is 3.09. The van der Waals surface area contributed by atoms with Gasteiger partial charge in [0.2, 0.25) is 0 Å². The minimum Gasteiger partial charge on any atom is -0.321 e. The van der Waals surface area contributed by atoms with Gasteiger partial charge in [-0.15, -0.1) is 10.2 Å². The Morgan fingerprint density at radius 1 is 1.27 bits per heavy atom. The van der Waals surface area contributed by atoms with Gasteiger partial charge in [0.25, 0.3) is 11.6 Å². The third-order valence-electron chi connectivity index (χ3n) is 3.40. The third kappa shape index (κ3) is 4.01. The van der Waals surface area contributed by atoms with Gasteiger partial charge in [-0.05, 0) is 42.1 Å². The van der Waals surface area contributed by atoms with E-state index in [2.05, 4.69) is 15.5 Å². The van der Waals surface area contributed by atoms with Gasteiger partial charge in [0, 0.05) is 34.7 Å². The topological polar surface area (TPSA) is 103 Å². The summed E-state index contributed by atoms with van der Waals surface area (Å²) in [5.74, 6) is -0.401. The zero-order valence-electron chi connectivity index (χ0n) is 13.4. The van der Waals surface area contributed by atoms with Crippen LogP contribution in [0.15, 0.2) is 58.8 Å². The van der Waals surface area contributed by atoms with Crippen LogP contribution in [0.4, 0.5) is 11.4 Å². The number of nitro benzene ring substituents is 1.